The summed E-state index contributed by atoms with van der Waals surface area (Å²) in [6.45, 7) is 5.88. The van der Waals surface area contributed by atoms with Crippen LogP contribution in [0.5, 0.6) is 0 Å². The van der Waals surface area contributed by atoms with Crippen molar-refractivity contribution in [2.45, 2.75) is 32.9 Å². The maximum Gasteiger partial charge on any atom is 0.327 e. The molecule has 1 atom stereocenters. The van der Waals surface area contributed by atoms with Gasteiger partial charge in [0.1, 0.15) is 6.04 Å². The second kappa shape index (κ2) is 6.03. The van der Waals surface area contributed by atoms with Crippen LogP contribution in [-0.4, -0.2) is 19.1 Å². The predicted octanol–water partition coefficient (Wildman–Crippen LogP) is 2.86. The fourth-order valence-electron chi connectivity index (χ4n) is 1.54. The largest absolute Gasteiger partial charge is 0.468 e. The average molecular weight is 256 g/mol. The Labute approximate surface area is 107 Å². The highest BCUT2D eigenvalue weighted by molar-refractivity contribution is 6.31. The van der Waals surface area contributed by atoms with Gasteiger partial charge in [-0.15, -0.1) is 0 Å². The van der Waals surface area contributed by atoms with Gasteiger partial charge in [0.15, 0.2) is 0 Å². The van der Waals surface area contributed by atoms with Crippen LogP contribution < -0.4 is 5.32 Å². The minimum absolute atomic E-state index is 0.180. The Morgan fingerprint density at radius 2 is 2.06 bits per heavy atom. The highest BCUT2D eigenvalue weighted by Crippen LogP contribution is 2.22. The molecule has 0 heterocycles. The van der Waals surface area contributed by atoms with Crippen molar-refractivity contribution in [3.05, 3.63) is 34.3 Å². The molecule has 4 heteroatoms. The van der Waals surface area contributed by atoms with Crippen LogP contribution in [0.2, 0.25) is 5.02 Å². The number of esters is 1. The average Bonchev–Trinajstić information content (AvgIpc) is 2.28. The van der Waals surface area contributed by atoms with Crippen LogP contribution in [0, 0.1) is 6.92 Å². The molecule has 1 rings (SSSR count). The van der Waals surface area contributed by atoms with E-state index in [2.05, 4.69) is 5.32 Å². The third-order valence-electron chi connectivity index (χ3n) is 2.47. The van der Waals surface area contributed by atoms with E-state index >= 15 is 0 Å². The van der Waals surface area contributed by atoms with Crippen molar-refractivity contribution in [1.29, 1.82) is 0 Å². The summed E-state index contributed by atoms with van der Waals surface area (Å²) in [6, 6.07) is 5.29. The first kappa shape index (κ1) is 14.0. The van der Waals surface area contributed by atoms with Crippen molar-refractivity contribution in [3.8, 4) is 0 Å². The van der Waals surface area contributed by atoms with Crippen LogP contribution in [0.15, 0.2) is 18.2 Å². The predicted molar refractivity (Wildman–Crippen MR) is 69.2 cm³/mol. The van der Waals surface area contributed by atoms with E-state index in [1.54, 1.807) is 6.07 Å². The van der Waals surface area contributed by atoms with Gasteiger partial charge in [0.25, 0.3) is 0 Å². The Bertz CT molecular complexity index is 404. The van der Waals surface area contributed by atoms with E-state index in [4.69, 9.17) is 16.3 Å². The molecule has 0 amide bonds. The molecule has 0 bridgehead atoms. The lowest BCUT2D eigenvalue weighted by atomic mass is 10.0. The lowest BCUT2D eigenvalue weighted by molar-refractivity contribution is -0.143. The van der Waals surface area contributed by atoms with Crippen LogP contribution in [0.4, 0.5) is 0 Å². The van der Waals surface area contributed by atoms with E-state index in [9.17, 15) is 4.79 Å². The Morgan fingerprint density at radius 3 is 2.53 bits per heavy atom. The number of aryl methyl sites for hydroxylation is 1. The molecule has 1 unspecified atom stereocenters. The molecule has 1 N–H and O–H groups in total. The van der Waals surface area contributed by atoms with Gasteiger partial charge in [0, 0.05) is 11.1 Å². The van der Waals surface area contributed by atoms with Gasteiger partial charge in [-0.1, -0.05) is 23.7 Å². The van der Waals surface area contributed by atoms with Crippen molar-refractivity contribution in [1.82, 2.24) is 5.32 Å². The van der Waals surface area contributed by atoms with Crippen LogP contribution >= 0.6 is 11.6 Å². The molecule has 3 nitrogen and oxygen atoms in total. The maximum absolute atomic E-state index is 11.7. The molecule has 0 aliphatic heterocycles. The fourth-order valence-corrected chi connectivity index (χ4v) is 1.73. The van der Waals surface area contributed by atoms with Gasteiger partial charge in [-0.25, -0.2) is 4.79 Å². The lowest BCUT2D eigenvalue weighted by Crippen LogP contribution is -2.34. The van der Waals surface area contributed by atoms with Crippen molar-refractivity contribution >= 4 is 17.6 Å². The van der Waals surface area contributed by atoms with Gasteiger partial charge < -0.3 is 4.74 Å². The van der Waals surface area contributed by atoms with Crippen LogP contribution in [-0.2, 0) is 9.53 Å². The lowest BCUT2D eigenvalue weighted by Gasteiger charge is -2.19. The number of rotatable bonds is 4. The van der Waals surface area contributed by atoms with Gasteiger partial charge in [-0.3, -0.25) is 5.32 Å². The van der Waals surface area contributed by atoms with Crippen molar-refractivity contribution in [3.63, 3.8) is 0 Å². The van der Waals surface area contributed by atoms with Crippen LogP contribution in [0.1, 0.15) is 31.0 Å². The van der Waals surface area contributed by atoms with Crippen LogP contribution in [0.25, 0.3) is 0 Å². The van der Waals surface area contributed by atoms with E-state index in [0.29, 0.717) is 5.02 Å². The van der Waals surface area contributed by atoms with Gasteiger partial charge in [-0.05, 0) is 38.0 Å². The summed E-state index contributed by atoms with van der Waals surface area (Å²) in [7, 11) is 1.38. The standard InChI is InChI=1S/C13H18ClNO2/c1-8(2)15-12(13(16)17-4)10-6-5-9(3)11(14)7-10/h5-8,12,15H,1-4H3. The number of carbonyl (C=O) groups is 1. The van der Waals surface area contributed by atoms with Gasteiger partial charge in [-0.2, -0.15) is 0 Å². The summed E-state index contributed by atoms with van der Waals surface area (Å²) in [5.41, 5.74) is 1.81. The first-order valence-corrected chi connectivity index (χ1v) is 5.93. The number of nitrogens with one attached hydrogen (secondary N) is 1. The van der Waals surface area contributed by atoms with E-state index < -0.39 is 6.04 Å². The zero-order valence-corrected chi connectivity index (χ0v) is 11.3. The van der Waals surface area contributed by atoms with E-state index in [0.717, 1.165) is 11.1 Å². The molecule has 0 radical (unpaired) electrons. The smallest absolute Gasteiger partial charge is 0.327 e. The van der Waals surface area contributed by atoms with Crippen molar-refractivity contribution in [2.75, 3.05) is 7.11 Å². The minimum Gasteiger partial charge on any atom is -0.468 e. The molecule has 1 aromatic rings. The molecule has 0 aliphatic carbocycles. The molecule has 1 aromatic carbocycles. The van der Waals surface area contributed by atoms with Gasteiger partial charge >= 0.3 is 5.97 Å². The van der Waals surface area contributed by atoms with Crippen molar-refractivity contribution in [2.24, 2.45) is 0 Å². The number of methoxy groups -OCH3 is 1. The number of benzene rings is 1. The van der Waals surface area contributed by atoms with E-state index in [-0.39, 0.29) is 12.0 Å². The highest BCUT2D eigenvalue weighted by atomic mass is 35.5. The van der Waals surface area contributed by atoms with Crippen LogP contribution in [0.3, 0.4) is 0 Å². The van der Waals surface area contributed by atoms with Crippen molar-refractivity contribution < 1.29 is 9.53 Å². The normalized spacial score (nSPS) is 12.6. The Balaban J connectivity index is 3.03. The molecule has 0 spiro atoms. The summed E-state index contributed by atoms with van der Waals surface area (Å²) in [5.74, 6) is -0.307. The molecule has 0 fully saturated rings. The molecule has 94 valence electrons. The second-order valence-corrected chi connectivity index (χ2v) is 4.69. The summed E-state index contributed by atoms with van der Waals surface area (Å²) in [5, 5.41) is 3.81. The maximum atomic E-state index is 11.7. The molecular weight excluding hydrogens is 238 g/mol. The number of hydrogen-bond acceptors (Lipinski definition) is 3. The number of carbonyl (C=O) groups excluding carboxylic acids is 1. The molecule has 17 heavy (non-hydrogen) atoms. The third-order valence-corrected chi connectivity index (χ3v) is 2.87. The minimum atomic E-state index is -0.474. The van der Waals surface area contributed by atoms with Gasteiger partial charge in [0.05, 0.1) is 7.11 Å². The SMILES string of the molecule is COC(=O)C(NC(C)C)c1ccc(C)c(Cl)c1. The zero-order chi connectivity index (χ0) is 13.0. The van der Waals surface area contributed by atoms with E-state index in [1.165, 1.54) is 7.11 Å². The third kappa shape index (κ3) is 3.72. The number of ether oxygens (including phenoxy) is 1. The number of hydrogen-bond donors (Lipinski definition) is 1. The summed E-state index contributed by atoms with van der Waals surface area (Å²) in [4.78, 5) is 11.7. The fraction of sp³-hybridized carbons (Fsp3) is 0.462. The first-order chi connectivity index (χ1) is 7.95. The molecule has 0 saturated carbocycles. The molecular formula is C13H18ClNO2. The Hall–Kier alpha value is -1.06. The zero-order valence-electron chi connectivity index (χ0n) is 10.6. The Kier molecular flexibility index (Phi) is 4.97. The molecule has 0 saturated heterocycles. The Morgan fingerprint density at radius 1 is 1.41 bits per heavy atom. The van der Waals surface area contributed by atoms with Gasteiger partial charge in [0.2, 0.25) is 0 Å². The number of halogens is 1. The first-order valence-electron chi connectivity index (χ1n) is 5.55. The molecule has 0 aromatic heterocycles. The topological polar surface area (TPSA) is 38.3 Å². The van der Waals surface area contributed by atoms with E-state index in [1.807, 2.05) is 32.9 Å². The quantitative estimate of drug-likeness (QED) is 0.841. The summed E-state index contributed by atoms with van der Waals surface area (Å²) in [6.07, 6.45) is 0. The molecule has 0 aliphatic rings. The summed E-state index contributed by atoms with van der Waals surface area (Å²) < 4.78 is 4.79. The monoisotopic (exact) mass is 255 g/mol. The highest BCUT2D eigenvalue weighted by Gasteiger charge is 2.22. The second-order valence-electron chi connectivity index (χ2n) is 4.29. The summed E-state index contributed by atoms with van der Waals surface area (Å²) >= 11 is 6.06.